The van der Waals surface area contributed by atoms with Crippen LogP contribution in [0.4, 0.5) is 107 Å². The second-order valence-electron chi connectivity index (χ2n) is 19.3. The molecule has 0 saturated carbocycles. The molecule has 6 rings (SSSR count). The number of nitrogens with two attached hydrogens (primary N) is 2. The van der Waals surface area contributed by atoms with E-state index in [0.29, 0.717) is 13.1 Å². The van der Waals surface area contributed by atoms with Crippen LogP contribution in [0.5, 0.6) is 0 Å². The van der Waals surface area contributed by atoms with E-state index < -0.39 is 35.8 Å². The summed E-state index contributed by atoms with van der Waals surface area (Å²) in [6, 6.07) is 0. The van der Waals surface area contributed by atoms with Crippen molar-refractivity contribution in [2.24, 2.45) is 5.73 Å². The van der Waals surface area contributed by atoms with Gasteiger partial charge in [0.15, 0.2) is 0 Å². The molecule has 27 N–H and O–H groups in total. The number of carboxylic acids is 6. The van der Waals surface area contributed by atoms with Crippen LogP contribution in [0.15, 0.2) is 0 Å². The zero-order chi connectivity index (χ0) is 69.6. The van der Waals surface area contributed by atoms with Gasteiger partial charge in [-0.05, 0) is 0 Å². The van der Waals surface area contributed by atoms with Gasteiger partial charge in [-0.1, -0.05) is 0 Å². The summed E-state index contributed by atoms with van der Waals surface area (Å²) >= 11 is 0. The fourth-order valence-corrected chi connectivity index (χ4v) is 7.23. The first kappa shape index (κ1) is 73.3. The van der Waals surface area contributed by atoms with Crippen molar-refractivity contribution < 1.29 is 59.4 Å². The van der Waals surface area contributed by atoms with E-state index in [1.165, 1.54) is 0 Å². The molecule has 97 heavy (non-hydrogen) atoms. The van der Waals surface area contributed by atoms with Gasteiger partial charge >= 0.3 is 35.8 Å². The monoisotopic (exact) mass is 1360 g/mol. The number of rotatable bonds is 52. The number of hydrogen-bond acceptors (Lipinski definition) is 43. The van der Waals surface area contributed by atoms with Gasteiger partial charge in [0, 0.05) is 118 Å². The Kier molecular flexibility index (Phi) is 30.4. The van der Waals surface area contributed by atoms with E-state index in [1.807, 2.05) is 0 Å². The largest absolute Gasteiger partial charge is 0.481 e. The normalized spacial score (nSPS) is 10.6. The average Bonchev–Trinajstić information content (AvgIpc) is 1.63. The SMILES string of the molecule is NCCNc1nc(NCCNc2nc(NCCNc3nc(NCCNc4nc(NCCNc5nc(NCCNc6nc(N)nc(NCCC(=O)O)n6)nc(NCCC(=O)O)n5)nc(NCCC(=O)O)n4)nc(NCCC(=O)O)n3)nc(NCCC(=O)O)n2)nc(NCCC(=O)O)n1. The molecule has 524 valence electrons. The number of aromatic nitrogens is 18. The molecule has 0 aliphatic heterocycles. The van der Waals surface area contributed by atoms with Gasteiger partial charge in [0.05, 0.1) is 38.5 Å². The smallest absolute Gasteiger partial charge is 0.305 e. The molecule has 0 spiro atoms. The Morgan fingerprint density at radius 1 is 0.206 bits per heavy atom. The number of anilines is 18. The number of hydrogen-bond donors (Lipinski definition) is 25. The van der Waals surface area contributed by atoms with Crippen LogP contribution in [0.25, 0.3) is 0 Å². The predicted octanol–water partition coefficient (Wildman–Crippen LogP) is -3.31. The van der Waals surface area contributed by atoms with Gasteiger partial charge in [0.1, 0.15) is 0 Å². The van der Waals surface area contributed by atoms with Gasteiger partial charge in [-0.25, -0.2) is 0 Å². The van der Waals surface area contributed by atoms with E-state index in [-0.39, 0.29) is 250 Å². The maximum absolute atomic E-state index is 11.3. The van der Waals surface area contributed by atoms with Crippen LogP contribution in [0.3, 0.4) is 0 Å². The van der Waals surface area contributed by atoms with Crippen LogP contribution < -0.4 is 102 Å². The second kappa shape index (κ2) is 40.3. The lowest BCUT2D eigenvalue weighted by Gasteiger charge is -2.14. The maximum atomic E-state index is 11.3. The summed E-state index contributed by atoms with van der Waals surface area (Å²) in [6.45, 7) is 2.69. The first-order valence-corrected chi connectivity index (χ1v) is 29.7. The van der Waals surface area contributed by atoms with Crippen LogP contribution in [0.2, 0.25) is 0 Å². The number of nitrogen functional groups attached to an aromatic ring is 1. The first-order valence-electron chi connectivity index (χ1n) is 29.7. The van der Waals surface area contributed by atoms with Gasteiger partial charge in [0.25, 0.3) is 0 Å². The van der Waals surface area contributed by atoms with Crippen molar-refractivity contribution in [2.45, 2.75) is 38.5 Å². The summed E-state index contributed by atoms with van der Waals surface area (Å²) in [5.41, 5.74) is 11.4. The van der Waals surface area contributed by atoms with Crippen molar-refractivity contribution in [3.8, 4) is 0 Å². The van der Waals surface area contributed by atoms with Crippen molar-refractivity contribution in [3.05, 3.63) is 0 Å². The maximum Gasteiger partial charge on any atom is 0.305 e. The highest BCUT2D eigenvalue weighted by molar-refractivity contribution is 5.69. The molecule has 0 saturated heterocycles. The molecule has 0 unspecified atom stereocenters. The summed E-state index contributed by atoms with van der Waals surface area (Å²) in [4.78, 5) is 145. The molecule has 0 amide bonds. The third kappa shape index (κ3) is 30.5. The van der Waals surface area contributed by atoms with Crippen molar-refractivity contribution in [1.29, 1.82) is 0 Å². The van der Waals surface area contributed by atoms with Crippen molar-refractivity contribution in [1.82, 2.24) is 89.7 Å². The summed E-state index contributed by atoms with van der Waals surface area (Å²) < 4.78 is 0. The van der Waals surface area contributed by atoms with Crippen molar-refractivity contribution >= 4 is 143 Å². The molecule has 0 aromatic carbocycles. The number of aliphatic carboxylic acids is 6. The molecule has 0 atom stereocenters. The molecule has 6 heterocycles. The van der Waals surface area contributed by atoms with Crippen molar-refractivity contribution in [3.63, 3.8) is 0 Å². The quantitative estimate of drug-likeness (QED) is 0.0166. The highest BCUT2D eigenvalue weighted by Gasteiger charge is 2.15. The highest BCUT2D eigenvalue weighted by Crippen LogP contribution is 2.16. The average molecular weight is 1360 g/mol. The van der Waals surface area contributed by atoms with E-state index in [2.05, 4.69) is 180 Å². The van der Waals surface area contributed by atoms with Crippen LogP contribution in [0, 0.1) is 0 Å². The van der Waals surface area contributed by atoms with E-state index in [0.717, 1.165) is 0 Å². The van der Waals surface area contributed by atoms with Crippen LogP contribution in [-0.4, -0.2) is 274 Å². The second-order valence-corrected chi connectivity index (χ2v) is 19.3. The van der Waals surface area contributed by atoms with E-state index in [9.17, 15) is 49.2 Å². The minimum atomic E-state index is -1.06. The lowest BCUT2D eigenvalue weighted by atomic mass is 10.4. The molecule has 0 aliphatic carbocycles. The van der Waals surface area contributed by atoms with Gasteiger partial charge in [-0.3, -0.25) is 28.8 Å². The molecular weight excluding hydrogens is 1290 g/mol. The zero-order valence-electron chi connectivity index (χ0n) is 51.8. The first-order chi connectivity index (χ1) is 46.8. The van der Waals surface area contributed by atoms with Crippen LogP contribution in [-0.2, 0) is 28.8 Å². The Balaban J connectivity index is 1.04. The Labute approximate surface area is 548 Å². The third-order valence-corrected chi connectivity index (χ3v) is 11.4. The summed E-state index contributed by atoms with van der Waals surface area (Å²) in [6.07, 6.45) is -1.28. The van der Waals surface area contributed by atoms with Crippen LogP contribution in [0.1, 0.15) is 38.5 Å². The Morgan fingerprint density at radius 3 is 0.443 bits per heavy atom. The highest BCUT2D eigenvalue weighted by atomic mass is 16.4. The molecule has 0 radical (unpaired) electrons. The third-order valence-electron chi connectivity index (χ3n) is 11.4. The molecule has 49 nitrogen and oxygen atoms in total. The Bertz CT molecular complexity index is 3530. The molecule has 6 aromatic rings. The van der Waals surface area contributed by atoms with Gasteiger partial charge in [0.2, 0.25) is 107 Å². The fraction of sp³-hybridized carbons (Fsp3) is 0.500. The summed E-state index contributed by atoms with van der Waals surface area (Å²) in [7, 11) is 0. The van der Waals surface area contributed by atoms with Crippen LogP contribution >= 0.6 is 0 Å². The predicted molar refractivity (Wildman–Crippen MR) is 350 cm³/mol. The van der Waals surface area contributed by atoms with Gasteiger partial charge in [-0.15, -0.1) is 0 Å². The fourth-order valence-electron chi connectivity index (χ4n) is 7.23. The summed E-state index contributed by atoms with van der Waals surface area (Å²) in [5.74, 6) is -4.57. The molecule has 0 aliphatic rings. The molecule has 49 heteroatoms. The number of carboxylic acid groups (broad SMARTS) is 6. The number of carbonyl (C=O) groups is 6. The lowest BCUT2D eigenvalue weighted by Crippen LogP contribution is -2.22. The van der Waals surface area contributed by atoms with Gasteiger partial charge < -0.3 is 132 Å². The minimum Gasteiger partial charge on any atom is -0.481 e. The van der Waals surface area contributed by atoms with E-state index >= 15 is 0 Å². The Hall–Kier alpha value is -12.8. The number of nitrogens with one attached hydrogen (secondary N) is 17. The van der Waals surface area contributed by atoms with E-state index in [1.54, 1.807) is 0 Å². The molecule has 0 bridgehead atoms. The Morgan fingerprint density at radius 2 is 0.320 bits per heavy atom. The number of nitrogens with zero attached hydrogens (tertiary/aromatic N) is 18. The topological polar surface area (TPSA) is 712 Å². The zero-order valence-corrected chi connectivity index (χ0v) is 51.8. The minimum absolute atomic E-state index is 0.00613. The standard InChI is InChI=1S/C48H75N37O12/c49-7-14-57-39-71-34(52-9-2-26(88)89)72-40(81-39)60-17-18-61-43-75-36(54-11-4-28(92)93)76-44(83-43)64-21-22-65-47-79-38(56-13-6-30(96)97)80-48(85-47)67-24-23-66-46-78-37(55-12-5-29(94)95)77-45(84-46)63-20-19-62-42-74-35(53-10-3-27(90)91)73-41(82-42)59-16-15-58-33-69-31(50)68-32(70-33)51-8-1-25(86)87/h1-24,49H2,(H,86,87)(H,88,89)(H,90,91)(H,92,93)(H,94,95)(H,96,97)(H4,50,51,58,68,69,70)(H3,52,57,60,71,72,81)(H3,53,59,62,73,74,82)(H3,54,61,64,75,76,83)(H3,55,63,66,77,78,84)(H3,56,65,67,79,80,85). The van der Waals surface area contributed by atoms with E-state index in [4.69, 9.17) is 21.7 Å². The lowest BCUT2D eigenvalue weighted by molar-refractivity contribution is -0.137. The van der Waals surface area contributed by atoms with Gasteiger partial charge in [-0.2, -0.15) is 89.7 Å². The van der Waals surface area contributed by atoms with Crippen molar-refractivity contribution in [2.75, 3.05) is 214 Å². The summed E-state index contributed by atoms with van der Waals surface area (Å²) in [5, 5.41) is 106. The molecular formula is C48H75N37O12. The molecule has 0 fully saturated rings. The molecule has 6 aromatic heterocycles.